The average Bonchev–Trinajstić information content (AvgIpc) is 2.08. The van der Waals surface area contributed by atoms with Crippen LogP contribution in [-0.2, 0) is 0 Å². The first-order valence-electron chi connectivity index (χ1n) is 3.37. The van der Waals surface area contributed by atoms with E-state index in [2.05, 4.69) is 15.9 Å². The van der Waals surface area contributed by atoms with Gasteiger partial charge in [0.25, 0.3) is 0 Å². The highest BCUT2D eigenvalue weighted by molar-refractivity contribution is 9.11. The standard InChI is InChI=1S/C8H5BrFNO2/c9-8(11(12)13)5-6-1-3-7(10)4-2-6/h1-5H/b8-5+. The first-order chi connectivity index (χ1) is 6.09. The Kier molecular flexibility index (Phi) is 3.13. The molecule has 0 aliphatic heterocycles. The first-order valence-corrected chi connectivity index (χ1v) is 4.16. The topological polar surface area (TPSA) is 43.1 Å². The molecule has 3 nitrogen and oxygen atoms in total. The molecule has 0 spiro atoms. The molecule has 13 heavy (non-hydrogen) atoms. The lowest BCUT2D eigenvalue weighted by Gasteiger charge is -1.91. The van der Waals surface area contributed by atoms with Crippen molar-refractivity contribution in [1.29, 1.82) is 0 Å². The van der Waals surface area contributed by atoms with Crippen molar-refractivity contribution in [3.05, 3.63) is 50.4 Å². The van der Waals surface area contributed by atoms with Crippen LogP contribution in [0.3, 0.4) is 0 Å². The highest BCUT2D eigenvalue weighted by Gasteiger charge is 2.03. The maximum absolute atomic E-state index is 12.4. The van der Waals surface area contributed by atoms with Crippen molar-refractivity contribution in [2.24, 2.45) is 0 Å². The van der Waals surface area contributed by atoms with Gasteiger partial charge >= 0.3 is 4.61 Å². The summed E-state index contributed by atoms with van der Waals surface area (Å²) in [6, 6.07) is 5.40. The minimum Gasteiger partial charge on any atom is -0.258 e. The summed E-state index contributed by atoms with van der Waals surface area (Å²) < 4.78 is 12.3. The number of rotatable bonds is 2. The lowest BCUT2D eigenvalue weighted by molar-refractivity contribution is -0.407. The molecule has 0 aliphatic carbocycles. The van der Waals surface area contributed by atoms with Crippen LogP contribution >= 0.6 is 15.9 Å². The van der Waals surface area contributed by atoms with Crippen LogP contribution in [-0.4, -0.2) is 4.92 Å². The summed E-state index contributed by atoms with van der Waals surface area (Å²) in [6.07, 6.45) is 1.30. The average molecular weight is 246 g/mol. The van der Waals surface area contributed by atoms with Crippen molar-refractivity contribution < 1.29 is 9.31 Å². The summed E-state index contributed by atoms with van der Waals surface area (Å²) in [4.78, 5) is 9.62. The summed E-state index contributed by atoms with van der Waals surface area (Å²) in [7, 11) is 0. The molecule has 5 heteroatoms. The van der Waals surface area contributed by atoms with E-state index in [9.17, 15) is 14.5 Å². The Morgan fingerprint density at radius 1 is 1.46 bits per heavy atom. The summed E-state index contributed by atoms with van der Waals surface area (Å²) in [6.45, 7) is 0. The Balaban J connectivity index is 2.92. The molecule has 0 atom stereocenters. The Morgan fingerprint density at radius 3 is 2.46 bits per heavy atom. The Morgan fingerprint density at radius 2 is 2.00 bits per heavy atom. The third-order valence-corrected chi connectivity index (χ3v) is 1.85. The van der Waals surface area contributed by atoms with Gasteiger partial charge in [-0.1, -0.05) is 12.1 Å². The second kappa shape index (κ2) is 4.13. The lowest BCUT2D eigenvalue weighted by atomic mass is 10.2. The molecule has 1 rings (SSSR count). The smallest absolute Gasteiger partial charge is 0.258 e. The first kappa shape index (κ1) is 9.85. The van der Waals surface area contributed by atoms with E-state index in [-0.39, 0.29) is 10.4 Å². The number of hydrogen-bond donors (Lipinski definition) is 0. The van der Waals surface area contributed by atoms with Gasteiger partial charge in [-0.25, -0.2) is 4.39 Å². The largest absolute Gasteiger partial charge is 0.311 e. The van der Waals surface area contributed by atoms with Gasteiger partial charge in [-0.15, -0.1) is 0 Å². The lowest BCUT2D eigenvalue weighted by Crippen LogP contribution is -1.89. The van der Waals surface area contributed by atoms with Gasteiger partial charge in [0.15, 0.2) is 0 Å². The van der Waals surface area contributed by atoms with Gasteiger partial charge in [-0.3, -0.25) is 10.1 Å². The molecule has 0 aliphatic rings. The van der Waals surface area contributed by atoms with Gasteiger partial charge in [0.1, 0.15) is 5.82 Å². The van der Waals surface area contributed by atoms with E-state index in [1.54, 1.807) is 0 Å². The second-order valence-corrected chi connectivity index (χ2v) is 3.09. The van der Waals surface area contributed by atoms with Gasteiger partial charge in [-0.05, 0) is 17.7 Å². The van der Waals surface area contributed by atoms with Crippen molar-refractivity contribution in [2.75, 3.05) is 0 Å². The molecule has 0 amide bonds. The molecule has 0 unspecified atom stereocenters. The molecular weight excluding hydrogens is 241 g/mol. The van der Waals surface area contributed by atoms with Gasteiger partial charge in [0.2, 0.25) is 0 Å². The van der Waals surface area contributed by atoms with Gasteiger partial charge < -0.3 is 0 Å². The quantitative estimate of drug-likeness (QED) is 0.457. The molecule has 0 aromatic heterocycles. The predicted molar refractivity (Wildman–Crippen MR) is 50.3 cm³/mol. The van der Waals surface area contributed by atoms with Crippen molar-refractivity contribution in [2.45, 2.75) is 0 Å². The van der Waals surface area contributed by atoms with Crippen LogP contribution in [0.15, 0.2) is 28.9 Å². The number of nitrogens with zero attached hydrogens (tertiary/aromatic N) is 1. The molecule has 1 aromatic carbocycles. The van der Waals surface area contributed by atoms with E-state index < -0.39 is 4.92 Å². The van der Waals surface area contributed by atoms with Crippen molar-refractivity contribution in [3.63, 3.8) is 0 Å². The van der Waals surface area contributed by atoms with Crippen LogP contribution in [0.2, 0.25) is 0 Å². The number of nitro groups is 1. The third-order valence-electron chi connectivity index (χ3n) is 1.33. The zero-order valence-electron chi connectivity index (χ0n) is 6.41. The van der Waals surface area contributed by atoms with Crippen LogP contribution < -0.4 is 0 Å². The van der Waals surface area contributed by atoms with E-state index in [4.69, 9.17) is 0 Å². The van der Waals surface area contributed by atoms with Crippen LogP contribution in [0.5, 0.6) is 0 Å². The van der Waals surface area contributed by atoms with Crippen molar-refractivity contribution in [1.82, 2.24) is 0 Å². The fourth-order valence-corrected chi connectivity index (χ4v) is 1.01. The summed E-state index contributed by atoms with van der Waals surface area (Å²) >= 11 is 2.77. The predicted octanol–water partition coefficient (Wildman–Crippen LogP) is 2.80. The minimum absolute atomic E-state index is 0.154. The molecule has 0 fully saturated rings. The molecule has 0 radical (unpaired) electrons. The normalized spacial score (nSPS) is 11.4. The molecule has 68 valence electrons. The molecular formula is C8H5BrFNO2. The van der Waals surface area contributed by atoms with Gasteiger partial charge in [-0.2, -0.15) is 0 Å². The maximum Gasteiger partial charge on any atom is 0.311 e. The van der Waals surface area contributed by atoms with Crippen LogP contribution in [0.4, 0.5) is 4.39 Å². The van der Waals surface area contributed by atoms with Crippen molar-refractivity contribution >= 4 is 22.0 Å². The summed E-state index contributed by atoms with van der Waals surface area (Å²) in [5.41, 5.74) is 0.574. The zero-order valence-corrected chi connectivity index (χ0v) is 7.99. The van der Waals surface area contributed by atoms with Gasteiger partial charge in [0.05, 0.1) is 4.92 Å². The van der Waals surface area contributed by atoms with E-state index in [1.165, 1.54) is 30.3 Å². The second-order valence-electron chi connectivity index (χ2n) is 2.28. The third kappa shape index (κ3) is 2.95. The van der Waals surface area contributed by atoms with Crippen LogP contribution in [0.25, 0.3) is 6.08 Å². The van der Waals surface area contributed by atoms with Crippen LogP contribution in [0.1, 0.15) is 5.56 Å². The highest BCUT2D eigenvalue weighted by atomic mass is 79.9. The molecule has 0 bridgehead atoms. The van der Waals surface area contributed by atoms with Crippen LogP contribution in [0, 0.1) is 15.9 Å². The molecule has 0 saturated heterocycles. The summed E-state index contributed by atoms with van der Waals surface area (Å²) in [5, 5.41) is 10.2. The molecule has 0 heterocycles. The van der Waals surface area contributed by atoms with Gasteiger partial charge in [0, 0.05) is 22.0 Å². The van der Waals surface area contributed by atoms with Crippen molar-refractivity contribution in [3.8, 4) is 0 Å². The number of benzene rings is 1. The molecule has 0 N–H and O–H groups in total. The highest BCUT2D eigenvalue weighted by Crippen LogP contribution is 2.12. The maximum atomic E-state index is 12.4. The Hall–Kier alpha value is -1.23. The number of halogens is 2. The fraction of sp³-hybridized carbons (Fsp3) is 0. The monoisotopic (exact) mass is 245 g/mol. The molecule has 1 aromatic rings. The minimum atomic E-state index is -0.566. The Bertz CT molecular complexity index is 348. The van der Waals surface area contributed by atoms with E-state index in [0.717, 1.165) is 0 Å². The number of hydrogen-bond acceptors (Lipinski definition) is 2. The van der Waals surface area contributed by atoms with E-state index >= 15 is 0 Å². The summed E-state index contributed by atoms with van der Waals surface area (Å²) in [5.74, 6) is -0.366. The van der Waals surface area contributed by atoms with E-state index in [0.29, 0.717) is 5.56 Å². The SMILES string of the molecule is O=[N+]([O-])/C(Br)=C/c1ccc(F)cc1. The molecule has 0 saturated carbocycles. The van der Waals surface area contributed by atoms with E-state index in [1.807, 2.05) is 0 Å². The fourth-order valence-electron chi connectivity index (χ4n) is 0.749. The zero-order chi connectivity index (χ0) is 9.84. The Labute approximate surface area is 82.2 Å².